The molecule has 0 aliphatic rings. The summed E-state index contributed by atoms with van der Waals surface area (Å²) in [4.78, 5) is 38.6. The van der Waals surface area contributed by atoms with Gasteiger partial charge < -0.3 is 10.2 Å². The molecule has 0 unspecified atom stereocenters. The molecule has 0 spiro atoms. The maximum absolute atomic E-state index is 12.9. The largest absolute Gasteiger partial charge is 0.339 e. The van der Waals surface area contributed by atoms with Crippen molar-refractivity contribution in [2.75, 3.05) is 18.4 Å². The normalized spacial score (nSPS) is 10.3. The SMILES string of the molecule is CCN(CC)C(=O)c1ccccc1NC(=O)CCC(=O)c1ccc(F)cc1. The van der Waals surface area contributed by atoms with Crippen LogP contribution in [0.5, 0.6) is 0 Å². The van der Waals surface area contributed by atoms with E-state index in [1.807, 2.05) is 13.8 Å². The summed E-state index contributed by atoms with van der Waals surface area (Å²) in [6, 6.07) is 12.0. The van der Waals surface area contributed by atoms with Crippen LogP contribution in [0.3, 0.4) is 0 Å². The first-order chi connectivity index (χ1) is 13.0. The van der Waals surface area contributed by atoms with Crippen molar-refractivity contribution in [3.63, 3.8) is 0 Å². The molecule has 2 rings (SSSR count). The number of carbonyl (C=O) groups excluding carboxylic acids is 3. The lowest BCUT2D eigenvalue weighted by Crippen LogP contribution is -2.31. The van der Waals surface area contributed by atoms with Gasteiger partial charge in [0.15, 0.2) is 5.78 Å². The number of hydrogen-bond donors (Lipinski definition) is 1. The fraction of sp³-hybridized carbons (Fsp3) is 0.286. The molecule has 1 N–H and O–H groups in total. The second-order valence-electron chi connectivity index (χ2n) is 6.00. The van der Waals surface area contributed by atoms with Crippen LogP contribution in [0.15, 0.2) is 48.5 Å². The summed E-state index contributed by atoms with van der Waals surface area (Å²) >= 11 is 0. The minimum absolute atomic E-state index is 0.00360. The van der Waals surface area contributed by atoms with Gasteiger partial charge in [-0.3, -0.25) is 14.4 Å². The van der Waals surface area contributed by atoms with Crippen molar-refractivity contribution < 1.29 is 18.8 Å². The van der Waals surface area contributed by atoms with Crippen LogP contribution in [0, 0.1) is 5.82 Å². The number of benzene rings is 2. The zero-order chi connectivity index (χ0) is 19.8. The number of halogens is 1. The molecule has 142 valence electrons. The van der Waals surface area contributed by atoms with E-state index in [1.165, 1.54) is 24.3 Å². The van der Waals surface area contributed by atoms with Crippen LogP contribution in [0.25, 0.3) is 0 Å². The fourth-order valence-electron chi connectivity index (χ4n) is 2.68. The molecule has 2 aromatic rings. The molecule has 2 aromatic carbocycles. The predicted octanol–water partition coefficient (Wildman–Crippen LogP) is 3.91. The molecule has 5 nitrogen and oxygen atoms in total. The molecule has 0 bridgehead atoms. The molecule has 6 heteroatoms. The highest BCUT2D eigenvalue weighted by Gasteiger charge is 2.18. The number of carbonyl (C=O) groups is 3. The second-order valence-corrected chi connectivity index (χ2v) is 6.00. The third-order valence-electron chi connectivity index (χ3n) is 4.23. The monoisotopic (exact) mass is 370 g/mol. The van der Waals surface area contributed by atoms with Crippen LogP contribution in [0.2, 0.25) is 0 Å². The van der Waals surface area contributed by atoms with Crippen LogP contribution in [-0.4, -0.2) is 35.6 Å². The molecule has 0 fully saturated rings. The first-order valence-electron chi connectivity index (χ1n) is 8.93. The number of nitrogens with one attached hydrogen (secondary N) is 1. The molecule has 0 atom stereocenters. The quantitative estimate of drug-likeness (QED) is 0.717. The van der Waals surface area contributed by atoms with E-state index in [0.717, 1.165) is 0 Å². The molecule has 0 aliphatic carbocycles. The maximum atomic E-state index is 12.9. The van der Waals surface area contributed by atoms with Crippen molar-refractivity contribution in [2.45, 2.75) is 26.7 Å². The van der Waals surface area contributed by atoms with E-state index in [1.54, 1.807) is 29.2 Å². The van der Waals surface area contributed by atoms with Crippen molar-refractivity contribution >= 4 is 23.3 Å². The Kier molecular flexibility index (Phi) is 7.23. The zero-order valence-electron chi connectivity index (χ0n) is 15.5. The third-order valence-corrected chi connectivity index (χ3v) is 4.23. The van der Waals surface area contributed by atoms with Gasteiger partial charge >= 0.3 is 0 Å². The summed E-state index contributed by atoms with van der Waals surface area (Å²) in [5.41, 5.74) is 1.20. The van der Waals surface area contributed by atoms with E-state index >= 15 is 0 Å². The Morgan fingerprint density at radius 3 is 2.19 bits per heavy atom. The molecule has 27 heavy (non-hydrogen) atoms. The lowest BCUT2D eigenvalue weighted by Gasteiger charge is -2.20. The van der Waals surface area contributed by atoms with Gasteiger partial charge in [0.1, 0.15) is 5.82 Å². The highest BCUT2D eigenvalue weighted by atomic mass is 19.1. The Labute approximate surface area is 158 Å². The van der Waals surface area contributed by atoms with Crippen LogP contribution >= 0.6 is 0 Å². The van der Waals surface area contributed by atoms with Gasteiger partial charge in [-0.2, -0.15) is 0 Å². The minimum Gasteiger partial charge on any atom is -0.339 e. The number of Topliss-reactive ketones (excluding diaryl/α,β-unsaturated/α-hetero) is 1. The number of para-hydroxylation sites is 1. The standard InChI is InChI=1S/C21H23FN2O3/c1-3-24(4-2)21(27)17-7-5-6-8-18(17)23-20(26)14-13-19(25)15-9-11-16(22)12-10-15/h5-12H,3-4,13-14H2,1-2H3,(H,23,26). The van der Waals surface area contributed by atoms with Gasteiger partial charge in [0, 0.05) is 31.5 Å². The number of rotatable bonds is 8. The highest BCUT2D eigenvalue weighted by Crippen LogP contribution is 2.18. The number of nitrogens with zero attached hydrogens (tertiary/aromatic N) is 1. The molecule has 0 aliphatic heterocycles. The summed E-state index contributed by atoms with van der Waals surface area (Å²) in [7, 11) is 0. The Bertz CT molecular complexity index is 814. The minimum atomic E-state index is -0.418. The van der Waals surface area contributed by atoms with E-state index in [0.29, 0.717) is 29.9 Å². The van der Waals surface area contributed by atoms with Gasteiger partial charge in [-0.25, -0.2) is 4.39 Å². The molecule has 0 heterocycles. The van der Waals surface area contributed by atoms with Gasteiger partial charge in [0.25, 0.3) is 5.91 Å². The van der Waals surface area contributed by atoms with Crippen LogP contribution in [0.4, 0.5) is 10.1 Å². The summed E-state index contributed by atoms with van der Waals surface area (Å²) < 4.78 is 12.9. The first kappa shape index (κ1) is 20.3. The van der Waals surface area contributed by atoms with E-state index in [4.69, 9.17) is 0 Å². The van der Waals surface area contributed by atoms with E-state index in [9.17, 15) is 18.8 Å². The average molecular weight is 370 g/mol. The fourth-order valence-corrected chi connectivity index (χ4v) is 2.68. The Hall–Kier alpha value is -3.02. The Balaban J connectivity index is 2.00. The van der Waals surface area contributed by atoms with Crippen molar-refractivity contribution in [2.24, 2.45) is 0 Å². The molecule has 0 radical (unpaired) electrons. The summed E-state index contributed by atoms with van der Waals surface area (Å²) in [5.74, 6) is -1.17. The summed E-state index contributed by atoms with van der Waals surface area (Å²) in [6.07, 6.45) is -0.0202. The van der Waals surface area contributed by atoms with Gasteiger partial charge in [-0.1, -0.05) is 12.1 Å². The number of anilines is 1. The predicted molar refractivity (Wildman–Crippen MR) is 102 cm³/mol. The lowest BCUT2D eigenvalue weighted by atomic mass is 10.1. The molecular formula is C21H23FN2O3. The lowest BCUT2D eigenvalue weighted by molar-refractivity contribution is -0.116. The van der Waals surface area contributed by atoms with Crippen molar-refractivity contribution in [3.8, 4) is 0 Å². The van der Waals surface area contributed by atoms with E-state index in [2.05, 4.69) is 5.32 Å². The number of ketones is 1. The van der Waals surface area contributed by atoms with Gasteiger partial charge in [-0.05, 0) is 50.2 Å². The third kappa shape index (κ3) is 5.48. The van der Waals surface area contributed by atoms with E-state index < -0.39 is 5.82 Å². The van der Waals surface area contributed by atoms with Crippen LogP contribution in [-0.2, 0) is 4.79 Å². The number of amides is 2. The highest BCUT2D eigenvalue weighted by molar-refractivity contribution is 6.05. The summed E-state index contributed by atoms with van der Waals surface area (Å²) in [6.45, 7) is 4.93. The first-order valence-corrected chi connectivity index (χ1v) is 8.93. The van der Waals surface area contributed by atoms with Crippen molar-refractivity contribution in [1.29, 1.82) is 0 Å². The summed E-state index contributed by atoms with van der Waals surface area (Å²) in [5, 5.41) is 2.71. The van der Waals surface area contributed by atoms with Gasteiger partial charge in [0.2, 0.25) is 5.91 Å². The number of hydrogen-bond acceptors (Lipinski definition) is 3. The molecule has 0 saturated carbocycles. The molecular weight excluding hydrogens is 347 g/mol. The topological polar surface area (TPSA) is 66.5 Å². The van der Waals surface area contributed by atoms with Crippen molar-refractivity contribution in [3.05, 3.63) is 65.5 Å². The molecule has 0 aromatic heterocycles. The van der Waals surface area contributed by atoms with Gasteiger partial charge in [-0.15, -0.1) is 0 Å². The average Bonchev–Trinajstić information content (AvgIpc) is 2.68. The molecule has 2 amide bonds. The van der Waals surface area contributed by atoms with Crippen LogP contribution < -0.4 is 5.32 Å². The van der Waals surface area contributed by atoms with Crippen LogP contribution in [0.1, 0.15) is 47.4 Å². The van der Waals surface area contributed by atoms with E-state index in [-0.39, 0.29) is 30.4 Å². The Morgan fingerprint density at radius 1 is 0.926 bits per heavy atom. The maximum Gasteiger partial charge on any atom is 0.255 e. The molecule has 0 saturated heterocycles. The second kappa shape index (κ2) is 9.62. The van der Waals surface area contributed by atoms with Gasteiger partial charge in [0.05, 0.1) is 11.3 Å². The van der Waals surface area contributed by atoms with Crippen molar-refractivity contribution in [1.82, 2.24) is 4.90 Å². The smallest absolute Gasteiger partial charge is 0.255 e. The Morgan fingerprint density at radius 2 is 1.56 bits per heavy atom. The zero-order valence-corrected chi connectivity index (χ0v) is 15.5.